The van der Waals surface area contributed by atoms with Crippen LogP contribution in [0.25, 0.3) is 0 Å². The van der Waals surface area contributed by atoms with Crippen LogP contribution in [-0.2, 0) is 51.8 Å². The Morgan fingerprint density at radius 2 is 1.72 bits per heavy atom. The average molecular weight is 565 g/mol. The van der Waals surface area contributed by atoms with Crippen LogP contribution in [-0.4, -0.2) is 75.0 Å². The number of benzene rings is 1. The average Bonchev–Trinajstić information content (AvgIpc) is 3.18. The monoisotopic (exact) mass is 564 g/mol. The van der Waals surface area contributed by atoms with Crippen LogP contribution in [0.1, 0.15) is 39.1 Å². The Labute approximate surface area is 229 Å². The second kappa shape index (κ2) is 13.4. The summed E-state index contributed by atoms with van der Waals surface area (Å²) < 4.78 is 29.8. The number of thioether (sulfide) groups is 1. The van der Waals surface area contributed by atoms with Gasteiger partial charge in [0.25, 0.3) is 0 Å². The van der Waals surface area contributed by atoms with E-state index in [1.807, 2.05) is 31.2 Å². The molecule has 0 radical (unpaired) electrons. The second-order valence-corrected chi connectivity index (χ2v) is 9.97. The predicted octanol–water partition coefficient (Wildman–Crippen LogP) is 1.45. The van der Waals surface area contributed by atoms with Gasteiger partial charge in [-0.05, 0) is 24.6 Å². The SMILES string of the molecule is CC(=O)N[C@@H]1[C@@H](OC(C)=O)[C@H](OC(C)=O)[C@@H](COC(C)=O)O[C@H]1Sc1nnc(COc2cccc(C)c2)n1C. The van der Waals surface area contributed by atoms with Crippen LogP contribution >= 0.6 is 11.8 Å². The Kier molecular flexibility index (Phi) is 10.3. The molecule has 1 aliphatic rings. The lowest BCUT2D eigenvalue weighted by molar-refractivity contribution is -0.211. The number of amides is 1. The van der Waals surface area contributed by atoms with E-state index in [1.54, 1.807) is 11.6 Å². The lowest BCUT2D eigenvalue weighted by atomic mass is 9.97. The highest BCUT2D eigenvalue weighted by molar-refractivity contribution is 7.99. The van der Waals surface area contributed by atoms with Crippen molar-refractivity contribution in [2.45, 2.75) is 76.2 Å². The molecule has 1 aromatic carbocycles. The molecular formula is C25H32N4O9S. The Hall–Kier alpha value is -3.65. The van der Waals surface area contributed by atoms with Gasteiger partial charge in [-0.25, -0.2) is 0 Å². The largest absolute Gasteiger partial charge is 0.486 e. The van der Waals surface area contributed by atoms with Gasteiger partial charge < -0.3 is 33.6 Å². The summed E-state index contributed by atoms with van der Waals surface area (Å²) in [4.78, 5) is 47.6. The van der Waals surface area contributed by atoms with E-state index in [4.69, 9.17) is 23.7 Å². The first kappa shape index (κ1) is 29.9. The molecule has 2 aromatic rings. The number of hydrogen-bond donors (Lipinski definition) is 1. The molecule has 0 unspecified atom stereocenters. The van der Waals surface area contributed by atoms with Gasteiger partial charge in [0.15, 0.2) is 23.2 Å². The number of esters is 3. The molecule has 1 fully saturated rings. The fourth-order valence-electron chi connectivity index (χ4n) is 3.92. The Morgan fingerprint density at radius 1 is 1.03 bits per heavy atom. The van der Waals surface area contributed by atoms with Crippen LogP contribution < -0.4 is 10.1 Å². The van der Waals surface area contributed by atoms with Gasteiger partial charge in [-0.15, -0.1) is 10.2 Å². The lowest BCUT2D eigenvalue weighted by Gasteiger charge is -2.44. The molecule has 2 heterocycles. The van der Waals surface area contributed by atoms with Crippen LogP contribution in [0.5, 0.6) is 5.75 Å². The van der Waals surface area contributed by atoms with Crippen molar-refractivity contribution >= 4 is 35.6 Å². The molecule has 0 aliphatic carbocycles. The summed E-state index contributed by atoms with van der Waals surface area (Å²) in [5, 5.41) is 11.6. The van der Waals surface area contributed by atoms with Gasteiger partial charge in [-0.1, -0.05) is 23.9 Å². The van der Waals surface area contributed by atoms with Gasteiger partial charge in [0, 0.05) is 34.7 Å². The highest BCUT2D eigenvalue weighted by Gasteiger charge is 2.51. The zero-order chi connectivity index (χ0) is 28.7. The van der Waals surface area contributed by atoms with Crippen LogP contribution in [0.3, 0.4) is 0 Å². The van der Waals surface area contributed by atoms with Crippen molar-refractivity contribution in [3.8, 4) is 5.75 Å². The summed E-state index contributed by atoms with van der Waals surface area (Å²) in [6.07, 6.45) is -3.33. The summed E-state index contributed by atoms with van der Waals surface area (Å²) in [7, 11) is 1.75. The third kappa shape index (κ3) is 8.42. The van der Waals surface area contributed by atoms with Crippen molar-refractivity contribution in [1.29, 1.82) is 0 Å². The Morgan fingerprint density at radius 3 is 2.33 bits per heavy atom. The molecule has 212 valence electrons. The van der Waals surface area contributed by atoms with E-state index in [9.17, 15) is 19.2 Å². The van der Waals surface area contributed by atoms with Gasteiger partial charge in [0.05, 0.1) is 0 Å². The van der Waals surface area contributed by atoms with Crippen molar-refractivity contribution in [1.82, 2.24) is 20.1 Å². The fraction of sp³-hybridized carbons (Fsp3) is 0.520. The lowest BCUT2D eigenvalue weighted by Crippen LogP contribution is -2.65. The summed E-state index contributed by atoms with van der Waals surface area (Å²) in [6.45, 7) is 6.71. The minimum atomic E-state index is -1.17. The molecule has 0 saturated carbocycles. The minimum Gasteiger partial charge on any atom is -0.486 e. The maximum atomic E-state index is 12.1. The quantitative estimate of drug-likeness (QED) is 0.328. The van der Waals surface area contributed by atoms with Gasteiger partial charge >= 0.3 is 17.9 Å². The second-order valence-electron chi connectivity index (χ2n) is 8.90. The molecule has 39 heavy (non-hydrogen) atoms. The molecule has 14 heteroatoms. The highest BCUT2D eigenvalue weighted by atomic mass is 32.2. The number of hydrogen-bond acceptors (Lipinski definition) is 12. The Balaban J connectivity index is 1.89. The third-order valence-corrected chi connectivity index (χ3v) is 6.78. The third-order valence-electron chi connectivity index (χ3n) is 5.58. The summed E-state index contributed by atoms with van der Waals surface area (Å²) >= 11 is 1.10. The fourth-order valence-corrected chi connectivity index (χ4v) is 5.05. The Bertz CT molecular complexity index is 1200. The van der Waals surface area contributed by atoms with E-state index in [2.05, 4.69) is 15.5 Å². The summed E-state index contributed by atoms with van der Waals surface area (Å²) in [6, 6.07) is 6.63. The summed E-state index contributed by atoms with van der Waals surface area (Å²) in [5.41, 5.74) is 0.150. The topological polar surface area (TPSA) is 157 Å². The number of carbonyl (C=O) groups is 4. The molecule has 1 aliphatic heterocycles. The molecule has 13 nitrogen and oxygen atoms in total. The zero-order valence-electron chi connectivity index (χ0n) is 22.5. The number of ether oxygens (including phenoxy) is 5. The number of aryl methyl sites for hydroxylation is 1. The number of nitrogens with one attached hydrogen (secondary N) is 1. The van der Waals surface area contributed by atoms with Crippen LogP contribution in [0.4, 0.5) is 0 Å². The molecule has 1 N–H and O–H groups in total. The van der Waals surface area contributed by atoms with Crippen molar-refractivity contribution in [2.75, 3.05) is 6.61 Å². The van der Waals surface area contributed by atoms with Crippen LogP contribution in [0, 0.1) is 6.92 Å². The molecule has 3 rings (SSSR count). The number of nitrogens with zero attached hydrogens (tertiary/aromatic N) is 3. The molecule has 5 atom stereocenters. The van der Waals surface area contributed by atoms with E-state index >= 15 is 0 Å². The maximum Gasteiger partial charge on any atom is 0.303 e. The number of aromatic nitrogens is 3. The molecule has 1 aromatic heterocycles. The van der Waals surface area contributed by atoms with E-state index in [0.717, 1.165) is 17.3 Å². The smallest absolute Gasteiger partial charge is 0.303 e. The first-order valence-corrected chi connectivity index (χ1v) is 13.0. The van der Waals surface area contributed by atoms with E-state index < -0.39 is 53.6 Å². The van der Waals surface area contributed by atoms with Gasteiger partial charge in [-0.2, -0.15) is 0 Å². The normalized spacial score (nSPS) is 22.5. The zero-order valence-corrected chi connectivity index (χ0v) is 23.4. The van der Waals surface area contributed by atoms with Crippen molar-refractivity contribution in [3.63, 3.8) is 0 Å². The van der Waals surface area contributed by atoms with Crippen molar-refractivity contribution in [2.24, 2.45) is 7.05 Å². The molecule has 1 amide bonds. The van der Waals surface area contributed by atoms with Crippen molar-refractivity contribution < 1.29 is 42.9 Å². The van der Waals surface area contributed by atoms with Crippen LogP contribution in [0.15, 0.2) is 29.4 Å². The van der Waals surface area contributed by atoms with Gasteiger partial charge in [-0.3, -0.25) is 19.2 Å². The standard InChI is InChI=1S/C25H32N4O9S/c1-13-8-7-9-18(10-13)35-12-20-27-28-25(29(20)6)39-24-21(26-14(2)30)23(37-17(5)33)22(36-16(4)32)19(38-24)11-34-15(3)31/h7-10,19,21-24H,11-12H2,1-6H3,(H,26,30)/t19-,21-,22-,23-,24+/m1/s1. The molecular weight excluding hydrogens is 532 g/mol. The number of carbonyl (C=O) groups excluding carboxylic acids is 4. The highest BCUT2D eigenvalue weighted by Crippen LogP contribution is 2.35. The van der Waals surface area contributed by atoms with Gasteiger partial charge in [0.2, 0.25) is 5.91 Å². The van der Waals surface area contributed by atoms with Crippen LogP contribution in [0.2, 0.25) is 0 Å². The molecule has 0 bridgehead atoms. The summed E-state index contributed by atoms with van der Waals surface area (Å²) in [5.74, 6) is -1.15. The van der Waals surface area contributed by atoms with Gasteiger partial charge in [0.1, 0.15) is 36.5 Å². The first-order valence-electron chi connectivity index (χ1n) is 12.1. The van der Waals surface area contributed by atoms with Crippen molar-refractivity contribution in [3.05, 3.63) is 35.7 Å². The maximum absolute atomic E-state index is 12.1. The van der Waals surface area contributed by atoms with E-state index in [-0.39, 0.29) is 13.2 Å². The van der Waals surface area contributed by atoms with E-state index in [0.29, 0.717) is 16.7 Å². The number of rotatable bonds is 10. The minimum absolute atomic E-state index is 0.147. The first-order chi connectivity index (χ1) is 18.4. The predicted molar refractivity (Wildman–Crippen MR) is 136 cm³/mol. The molecule has 1 saturated heterocycles. The molecule has 0 spiro atoms. The van der Waals surface area contributed by atoms with E-state index in [1.165, 1.54) is 27.7 Å².